The lowest BCUT2D eigenvalue weighted by Crippen LogP contribution is -1.82. The third-order valence-electron chi connectivity index (χ3n) is 1.56. The van der Waals surface area contributed by atoms with Crippen LogP contribution >= 0.6 is 27.5 Å². The van der Waals surface area contributed by atoms with Gasteiger partial charge in [-0.2, -0.15) is 0 Å². The quantitative estimate of drug-likeness (QED) is 0.803. The molecule has 0 amide bonds. The monoisotopic (exact) mass is 276 g/mol. The van der Waals surface area contributed by atoms with Gasteiger partial charge in [0.15, 0.2) is 0 Å². The molecule has 1 aromatic heterocycles. The molecule has 0 N–H and O–H groups in total. The van der Waals surface area contributed by atoms with Gasteiger partial charge in [0.05, 0.1) is 5.56 Å². The molecule has 1 aromatic carbocycles. The zero-order chi connectivity index (χ0) is 10.1. The van der Waals surface area contributed by atoms with E-state index < -0.39 is 0 Å². The fraction of sp³-hybridized carbons (Fsp3) is 0. The van der Waals surface area contributed by atoms with Crippen LogP contribution in [0, 0.1) is 5.82 Å². The van der Waals surface area contributed by atoms with E-state index in [2.05, 4.69) is 26.1 Å². The van der Waals surface area contributed by atoms with Crippen molar-refractivity contribution < 1.29 is 8.81 Å². The van der Waals surface area contributed by atoms with Gasteiger partial charge in [-0.25, -0.2) is 4.39 Å². The zero-order valence-corrected chi connectivity index (χ0v) is 9.01. The highest BCUT2D eigenvalue weighted by atomic mass is 79.9. The lowest BCUT2D eigenvalue weighted by molar-refractivity contribution is 0.568. The molecule has 0 aliphatic heterocycles. The minimum Gasteiger partial charge on any atom is -0.407 e. The Hall–Kier alpha value is -0.940. The summed E-state index contributed by atoms with van der Waals surface area (Å²) >= 11 is 8.69. The third kappa shape index (κ3) is 1.78. The normalized spacial score (nSPS) is 10.5. The lowest BCUT2D eigenvalue weighted by Gasteiger charge is -1.97. The fourth-order valence-corrected chi connectivity index (χ4v) is 1.50. The minimum absolute atomic E-state index is 0.0730. The van der Waals surface area contributed by atoms with Crippen LogP contribution in [0.15, 0.2) is 27.1 Å². The van der Waals surface area contributed by atoms with Gasteiger partial charge in [-0.3, -0.25) is 0 Å². The second-order valence-electron chi connectivity index (χ2n) is 2.48. The SMILES string of the molecule is Fc1ccc(Br)c(-c2nnc(Cl)o2)c1. The maximum absolute atomic E-state index is 12.9. The molecule has 72 valence electrons. The molecule has 2 aromatic rings. The van der Waals surface area contributed by atoms with Gasteiger partial charge in [-0.05, 0) is 45.7 Å². The average molecular weight is 277 g/mol. The van der Waals surface area contributed by atoms with E-state index in [1.807, 2.05) is 0 Å². The highest BCUT2D eigenvalue weighted by Gasteiger charge is 2.11. The Bertz CT molecular complexity index is 474. The molecule has 0 spiro atoms. The van der Waals surface area contributed by atoms with Crippen molar-refractivity contribution in [2.45, 2.75) is 0 Å². The summed E-state index contributed by atoms with van der Waals surface area (Å²) in [5.74, 6) is -0.195. The second-order valence-corrected chi connectivity index (χ2v) is 3.66. The molecule has 0 aliphatic carbocycles. The third-order valence-corrected chi connectivity index (χ3v) is 2.40. The molecule has 3 nitrogen and oxygen atoms in total. The number of hydrogen-bond acceptors (Lipinski definition) is 3. The van der Waals surface area contributed by atoms with Crippen molar-refractivity contribution in [2.24, 2.45) is 0 Å². The highest BCUT2D eigenvalue weighted by Crippen LogP contribution is 2.28. The molecule has 2 rings (SSSR count). The molecule has 6 heteroatoms. The smallest absolute Gasteiger partial charge is 0.313 e. The van der Waals surface area contributed by atoms with Gasteiger partial charge in [0.25, 0.3) is 0 Å². The van der Waals surface area contributed by atoms with E-state index in [9.17, 15) is 4.39 Å². The van der Waals surface area contributed by atoms with Crippen molar-refractivity contribution in [3.8, 4) is 11.5 Å². The first-order valence-corrected chi connectivity index (χ1v) is 4.78. The molecule has 0 bridgehead atoms. The Morgan fingerprint density at radius 1 is 1.36 bits per heavy atom. The van der Waals surface area contributed by atoms with Gasteiger partial charge in [0.2, 0.25) is 5.89 Å². The van der Waals surface area contributed by atoms with Crippen LogP contribution in [0.25, 0.3) is 11.5 Å². The largest absolute Gasteiger partial charge is 0.407 e. The summed E-state index contributed by atoms with van der Waals surface area (Å²) in [5.41, 5.74) is 0.476. The molecule has 0 saturated carbocycles. The first kappa shape index (κ1) is 9.61. The van der Waals surface area contributed by atoms with Crippen molar-refractivity contribution in [1.29, 1.82) is 0 Å². The average Bonchev–Trinajstić information content (AvgIpc) is 2.56. The van der Waals surface area contributed by atoms with Gasteiger partial charge in [0, 0.05) is 4.47 Å². The van der Waals surface area contributed by atoms with E-state index in [-0.39, 0.29) is 17.1 Å². The number of nitrogens with zero attached hydrogens (tertiary/aromatic N) is 2. The van der Waals surface area contributed by atoms with Crippen molar-refractivity contribution in [1.82, 2.24) is 10.2 Å². The van der Waals surface area contributed by atoms with E-state index in [1.54, 1.807) is 6.07 Å². The topological polar surface area (TPSA) is 38.9 Å². The van der Waals surface area contributed by atoms with Crippen LogP contribution in [0.2, 0.25) is 5.35 Å². The molecule has 0 atom stereocenters. The first-order chi connectivity index (χ1) is 6.66. The Labute approximate surface area is 92.0 Å². The molecule has 1 heterocycles. The summed E-state index contributed by atoms with van der Waals surface area (Å²) in [4.78, 5) is 0. The van der Waals surface area contributed by atoms with Gasteiger partial charge in [0.1, 0.15) is 5.82 Å². The number of benzene rings is 1. The Morgan fingerprint density at radius 2 is 2.14 bits per heavy atom. The standard InChI is InChI=1S/C8H3BrClFN2O/c9-6-2-1-4(11)3-5(6)7-12-13-8(10)14-7/h1-3H. The number of halogens is 3. The molecular formula is C8H3BrClFN2O. The van der Waals surface area contributed by atoms with E-state index >= 15 is 0 Å². The van der Waals surface area contributed by atoms with Crippen molar-refractivity contribution in [3.05, 3.63) is 33.8 Å². The van der Waals surface area contributed by atoms with Crippen LogP contribution in [0.5, 0.6) is 0 Å². The molecule has 0 radical (unpaired) electrons. The molecular weight excluding hydrogens is 274 g/mol. The predicted octanol–water partition coefficient (Wildman–Crippen LogP) is 3.29. The van der Waals surface area contributed by atoms with Crippen molar-refractivity contribution in [2.75, 3.05) is 0 Å². The molecule has 0 aliphatic rings. The fourth-order valence-electron chi connectivity index (χ4n) is 0.976. The van der Waals surface area contributed by atoms with Crippen LogP contribution in [0.3, 0.4) is 0 Å². The summed E-state index contributed by atoms with van der Waals surface area (Å²) in [6.07, 6.45) is 0. The van der Waals surface area contributed by atoms with Gasteiger partial charge in [-0.1, -0.05) is 5.10 Å². The van der Waals surface area contributed by atoms with E-state index in [0.717, 1.165) is 0 Å². The van der Waals surface area contributed by atoms with Crippen LogP contribution in [0.4, 0.5) is 4.39 Å². The van der Waals surface area contributed by atoms with Crippen LogP contribution in [0.1, 0.15) is 0 Å². The van der Waals surface area contributed by atoms with Gasteiger partial charge < -0.3 is 4.42 Å². The maximum Gasteiger partial charge on any atom is 0.313 e. The minimum atomic E-state index is -0.377. The van der Waals surface area contributed by atoms with Crippen molar-refractivity contribution >= 4 is 27.5 Å². The summed E-state index contributed by atoms with van der Waals surface area (Å²) in [6, 6.07) is 4.17. The first-order valence-electron chi connectivity index (χ1n) is 3.61. The van der Waals surface area contributed by atoms with E-state index in [4.69, 9.17) is 16.0 Å². The number of rotatable bonds is 1. The number of aromatic nitrogens is 2. The Kier molecular flexibility index (Phi) is 2.52. The lowest BCUT2D eigenvalue weighted by atomic mass is 10.2. The van der Waals surface area contributed by atoms with Crippen molar-refractivity contribution in [3.63, 3.8) is 0 Å². The summed E-state index contributed by atoms with van der Waals surface area (Å²) in [5, 5.41) is 7.04. The highest BCUT2D eigenvalue weighted by molar-refractivity contribution is 9.10. The summed E-state index contributed by atoms with van der Waals surface area (Å²) < 4.78 is 18.5. The Balaban J connectivity index is 2.55. The molecule has 0 saturated heterocycles. The van der Waals surface area contributed by atoms with Gasteiger partial charge >= 0.3 is 5.35 Å². The summed E-state index contributed by atoms with van der Waals surface area (Å²) in [7, 11) is 0. The predicted molar refractivity (Wildman–Crippen MR) is 52.4 cm³/mol. The van der Waals surface area contributed by atoms with Gasteiger partial charge in [-0.15, -0.1) is 5.10 Å². The molecule has 0 unspecified atom stereocenters. The number of hydrogen-bond donors (Lipinski definition) is 0. The van der Waals surface area contributed by atoms with E-state index in [1.165, 1.54) is 12.1 Å². The van der Waals surface area contributed by atoms with Crippen LogP contribution in [-0.2, 0) is 0 Å². The summed E-state index contributed by atoms with van der Waals surface area (Å²) in [6.45, 7) is 0. The zero-order valence-electron chi connectivity index (χ0n) is 6.67. The van der Waals surface area contributed by atoms with Crippen LogP contribution < -0.4 is 0 Å². The van der Waals surface area contributed by atoms with E-state index in [0.29, 0.717) is 10.0 Å². The van der Waals surface area contributed by atoms with Crippen LogP contribution in [-0.4, -0.2) is 10.2 Å². The molecule has 0 fully saturated rings. The molecule has 14 heavy (non-hydrogen) atoms. The Morgan fingerprint density at radius 3 is 2.79 bits per heavy atom. The second kappa shape index (κ2) is 3.67. The maximum atomic E-state index is 12.9.